The number of hydrogen-bond donors (Lipinski definition) is 1. The topological polar surface area (TPSA) is 61.6 Å². The Morgan fingerprint density at radius 2 is 2.22 bits per heavy atom. The summed E-state index contributed by atoms with van der Waals surface area (Å²) in [5.74, 6) is 0.261. The second-order valence-corrected chi connectivity index (χ2v) is 5.15. The average molecular weight is 249 g/mol. The van der Waals surface area contributed by atoms with Crippen molar-refractivity contribution in [2.24, 2.45) is 5.73 Å². The Morgan fingerprint density at radius 1 is 1.50 bits per heavy atom. The molecule has 4 nitrogen and oxygen atoms in total. The monoisotopic (exact) mass is 249 g/mol. The number of hydrogen-bond acceptors (Lipinski definition) is 4. The molecule has 0 aromatic heterocycles. The lowest BCUT2D eigenvalue weighted by Gasteiger charge is -2.32. The number of benzene rings is 1. The zero-order valence-electron chi connectivity index (χ0n) is 11.0. The van der Waals surface area contributed by atoms with E-state index in [0.717, 1.165) is 16.9 Å². The van der Waals surface area contributed by atoms with E-state index in [0.29, 0.717) is 13.0 Å². The predicted molar refractivity (Wildman–Crippen MR) is 68.3 cm³/mol. The van der Waals surface area contributed by atoms with Crippen molar-refractivity contribution in [3.8, 4) is 5.75 Å². The summed E-state index contributed by atoms with van der Waals surface area (Å²) < 4.78 is 11.3. The first kappa shape index (κ1) is 13.1. The molecule has 18 heavy (non-hydrogen) atoms. The van der Waals surface area contributed by atoms with Crippen LogP contribution in [-0.2, 0) is 22.6 Å². The molecule has 0 saturated heterocycles. The van der Waals surface area contributed by atoms with Gasteiger partial charge < -0.3 is 15.2 Å². The number of nitrogens with two attached hydrogens (primary N) is 1. The van der Waals surface area contributed by atoms with E-state index in [1.165, 1.54) is 6.92 Å². The maximum absolute atomic E-state index is 11.1. The molecule has 1 aliphatic rings. The number of Topliss-reactive ketones (excluding diaryl/α,β-unsaturated/α-hetero) is 1. The molecule has 0 spiro atoms. The van der Waals surface area contributed by atoms with Gasteiger partial charge in [0.1, 0.15) is 11.5 Å². The van der Waals surface area contributed by atoms with E-state index in [1.54, 1.807) is 0 Å². The van der Waals surface area contributed by atoms with Crippen molar-refractivity contribution in [3.05, 3.63) is 29.3 Å². The van der Waals surface area contributed by atoms with Crippen LogP contribution in [0.25, 0.3) is 0 Å². The van der Waals surface area contributed by atoms with Gasteiger partial charge in [-0.3, -0.25) is 4.79 Å². The molecule has 4 heteroatoms. The van der Waals surface area contributed by atoms with Gasteiger partial charge in [-0.15, -0.1) is 0 Å². The summed E-state index contributed by atoms with van der Waals surface area (Å²) in [6.07, 6.45) is 0.548. The van der Waals surface area contributed by atoms with E-state index < -0.39 is 11.8 Å². The van der Waals surface area contributed by atoms with Crippen molar-refractivity contribution in [3.63, 3.8) is 0 Å². The van der Waals surface area contributed by atoms with E-state index in [4.69, 9.17) is 15.2 Å². The van der Waals surface area contributed by atoms with E-state index in [1.807, 2.05) is 32.0 Å². The molecule has 1 aromatic rings. The van der Waals surface area contributed by atoms with Crippen molar-refractivity contribution in [1.29, 1.82) is 0 Å². The molecule has 0 bridgehead atoms. The maximum atomic E-state index is 11.1. The van der Waals surface area contributed by atoms with Crippen LogP contribution < -0.4 is 10.5 Å². The summed E-state index contributed by atoms with van der Waals surface area (Å²) in [5, 5.41) is 0. The molecule has 0 aliphatic carbocycles. The minimum Gasteiger partial charge on any atom is -0.463 e. The second-order valence-electron chi connectivity index (χ2n) is 5.15. The van der Waals surface area contributed by atoms with Gasteiger partial charge in [0.15, 0.2) is 0 Å². The Hall–Kier alpha value is -1.39. The number of rotatable bonds is 3. The normalized spacial score (nSPS) is 18.7. The molecule has 1 aromatic carbocycles. The summed E-state index contributed by atoms with van der Waals surface area (Å²) in [6, 6.07) is 5.42. The highest BCUT2D eigenvalue weighted by atomic mass is 16.7. The van der Waals surface area contributed by atoms with E-state index in [-0.39, 0.29) is 5.78 Å². The second kappa shape index (κ2) is 4.71. The van der Waals surface area contributed by atoms with Gasteiger partial charge in [-0.1, -0.05) is 6.07 Å². The Labute approximate surface area is 107 Å². The molecule has 0 radical (unpaired) electrons. The highest BCUT2D eigenvalue weighted by molar-refractivity contribution is 5.81. The smallest absolute Gasteiger partial charge is 0.205 e. The highest BCUT2D eigenvalue weighted by Gasteiger charge is 2.27. The van der Waals surface area contributed by atoms with Crippen molar-refractivity contribution < 1.29 is 14.3 Å². The van der Waals surface area contributed by atoms with Crippen LogP contribution in [0.5, 0.6) is 5.75 Å². The highest BCUT2D eigenvalue weighted by Crippen LogP contribution is 2.31. The molecule has 0 unspecified atom stereocenters. The number of fused-ring (bicyclic) bond motifs is 1. The molecule has 0 fully saturated rings. The third-order valence-corrected chi connectivity index (χ3v) is 3.03. The molecule has 1 heterocycles. The van der Waals surface area contributed by atoms with Gasteiger partial charge in [-0.2, -0.15) is 0 Å². The fourth-order valence-electron chi connectivity index (χ4n) is 1.92. The predicted octanol–water partition coefficient (Wildman–Crippen LogP) is 1.79. The van der Waals surface area contributed by atoms with E-state index >= 15 is 0 Å². The van der Waals surface area contributed by atoms with Gasteiger partial charge >= 0.3 is 0 Å². The Morgan fingerprint density at radius 3 is 2.89 bits per heavy atom. The van der Waals surface area contributed by atoms with Crippen LogP contribution in [0.1, 0.15) is 31.9 Å². The standard InChI is InChI=1S/C14H19NO3/c1-9(16)12(15)7-10-4-5-13-11(6-10)8-17-14(2,3)18-13/h4-6,12H,7-8,15H2,1-3H3/t12-/m0/s1. The van der Waals surface area contributed by atoms with Gasteiger partial charge in [-0.05, 0) is 31.0 Å². The summed E-state index contributed by atoms with van der Waals surface area (Å²) in [6.45, 7) is 5.80. The first-order chi connectivity index (χ1) is 8.37. The average Bonchev–Trinajstić information content (AvgIpc) is 2.28. The van der Waals surface area contributed by atoms with Crippen LogP contribution >= 0.6 is 0 Å². The number of carbonyl (C=O) groups excluding carboxylic acids is 1. The van der Waals surface area contributed by atoms with Gasteiger partial charge in [0.05, 0.1) is 12.6 Å². The first-order valence-corrected chi connectivity index (χ1v) is 6.08. The zero-order valence-corrected chi connectivity index (χ0v) is 11.0. The van der Waals surface area contributed by atoms with Crippen molar-refractivity contribution >= 4 is 5.78 Å². The lowest BCUT2D eigenvalue weighted by Crippen LogP contribution is -2.35. The van der Waals surface area contributed by atoms with Gasteiger partial charge in [0.2, 0.25) is 5.79 Å². The third-order valence-electron chi connectivity index (χ3n) is 3.03. The number of ether oxygens (including phenoxy) is 2. The lowest BCUT2D eigenvalue weighted by atomic mass is 10.0. The first-order valence-electron chi connectivity index (χ1n) is 6.08. The maximum Gasteiger partial charge on any atom is 0.205 e. The molecule has 0 saturated carbocycles. The van der Waals surface area contributed by atoms with Crippen molar-refractivity contribution in [2.75, 3.05) is 0 Å². The summed E-state index contributed by atoms with van der Waals surface area (Å²) in [5.41, 5.74) is 7.79. The lowest BCUT2D eigenvalue weighted by molar-refractivity contribution is -0.180. The van der Waals surface area contributed by atoms with E-state index in [2.05, 4.69) is 0 Å². The van der Waals surface area contributed by atoms with Crippen LogP contribution in [0.3, 0.4) is 0 Å². The summed E-state index contributed by atoms with van der Waals surface area (Å²) >= 11 is 0. The fraction of sp³-hybridized carbons (Fsp3) is 0.500. The van der Waals surface area contributed by atoms with E-state index in [9.17, 15) is 4.79 Å². The molecule has 1 aliphatic heterocycles. The van der Waals surface area contributed by atoms with Crippen LogP contribution in [0.4, 0.5) is 0 Å². The van der Waals surface area contributed by atoms with Gasteiger partial charge in [0, 0.05) is 19.4 Å². The zero-order chi connectivity index (χ0) is 13.3. The quantitative estimate of drug-likeness (QED) is 0.887. The third kappa shape index (κ3) is 2.89. The Bertz CT molecular complexity index is 468. The minimum absolute atomic E-state index is 0.00125. The Balaban J connectivity index is 2.16. The number of carbonyl (C=O) groups is 1. The van der Waals surface area contributed by atoms with Crippen LogP contribution in [0.15, 0.2) is 18.2 Å². The van der Waals surface area contributed by atoms with Crippen LogP contribution in [-0.4, -0.2) is 17.6 Å². The summed E-state index contributed by atoms with van der Waals surface area (Å²) in [7, 11) is 0. The van der Waals surface area contributed by atoms with Gasteiger partial charge in [0.25, 0.3) is 0 Å². The van der Waals surface area contributed by atoms with Crippen molar-refractivity contribution in [2.45, 2.75) is 45.6 Å². The summed E-state index contributed by atoms with van der Waals surface area (Å²) in [4.78, 5) is 11.1. The molecule has 2 N–H and O–H groups in total. The fourth-order valence-corrected chi connectivity index (χ4v) is 1.92. The molecular weight excluding hydrogens is 230 g/mol. The molecule has 0 amide bonds. The molecule has 1 atom stereocenters. The molecule has 98 valence electrons. The Kier molecular flexibility index (Phi) is 3.41. The van der Waals surface area contributed by atoms with Crippen LogP contribution in [0, 0.1) is 0 Å². The minimum atomic E-state index is -0.579. The van der Waals surface area contributed by atoms with Gasteiger partial charge in [-0.25, -0.2) is 0 Å². The van der Waals surface area contributed by atoms with Crippen molar-refractivity contribution in [1.82, 2.24) is 0 Å². The SMILES string of the molecule is CC(=O)[C@@H](N)Cc1ccc2c(c1)COC(C)(C)O2. The number of ketones is 1. The van der Waals surface area contributed by atoms with Crippen LogP contribution in [0.2, 0.25) is 0 Å². The largest absolute Gasteiger partial charge is 0.463 e. The molecule has 2 rings (SSSR count). The molecular formula is C14H19NO3.